The molecule has 1 aliphatic heterocycles. The van der Waals surface area contributed by atoms with Gasteiger partial charge in [-0.25, -0.2) is 0 Å². The lowest BCUT2D eigenvalue weighted by Crippen LogP contribution is -2.33. The largest absolute Gasteiger partial charge is 0.469 e. The molecule has 0 amide bonds. The van der Waals surface area contributed by atoms with E-state index in [1.807, 2.05) is 0 Å². The summed E-state index contributed by atoms with van der Waals surface area (Å²) in [6, 6.07) is 0. The van der Waals surface area contributed by atoms with Crippen LogP contribution >= 0.6 is 0 Å². The topological polar surface area (TPSA) is 38.8 Å². The van der Waals surface area contributed by atoms with Gasteiger partial charge >= 0.3 is 5.97 Å². The molecule has 4 nitrogen and oxygen atoms in total. The summed E-state index contributed by atoms with van der Waals surface area (Å²) in [7, 11) is 1.43. The van der Waals surface area contributed by atoms with Gasteiger partial charge in [-0.3, -0.25) is 9.69 Å². The molecule has 0 spiro atoms. The van der Waals surface area contributed by atoms with Gasteiger partial charge < -0.3 is 9.47 Å². The number of hydrogen-bond donors (Lipinski definition) is 0. The average molecular weight is 273 g/mol. The first-order chi connectivity index (χ1) is 9.20. The Bertz CT molecular complexity index is 286. The molecule has 2 rings (SSSR count). The zero-order chi connectivity index (χ0) is 13.7. The number of halogens is 1. The Morgan fingerprint density at radius 1 is 1.26 bits per heavy atom. The SMILES string of the molecule is COC(=O)C1CCC(COC(F)N2CCCC2)CC1. The number of alkyl halides is 1. The molecule has 1 saturated carbocycles. The van der Waals surface area contributed by atoms with Crippen molar-refractivity contribution in [1.29, 1.82) is 0 Å². The molecule has 0 aromatic heterocycles. The Balaban J connectivity index is 1.64. The maximum absolute atomic E-state index is 13.8. The van der Waals surface area contributed by atoms with E-state index in [0.29, 0.717) is 12.5 Å². The van der Waals surface area contributed by atoms with Crippen molar-refractivity contribution in [3.63, 3.8) is 0 Å². The van der Waals surface area contributed by atoms with Gasteiger partial charge in [0.2, 0.25) is 0 Å². The van der Waals surface area contributed by atoms with Gasteiger partial charge in [0.05, 0.1) is 19.6 Å². The van der Waals surface area contributed by atoms with Gasteiger partial charge in [-0.15, -0.1) is 0 Å². The van der Waals surface area contributed by atoms with Gasteiger partial charge in [-0.2, -0.15) is 4.39 Å². The summed E-state index contributed by atoms with van der Waals surface area (Å²) >= 11 is 0. The van der Waals surface area contributed by atoms with E-state index < -0.39 is 6.48 Å². The third kappa shape index (κ3) is 4.14. The molecule has 1 aliphatic carbocycles. The number of esters is 1. The highest BCUT2D eigenvalue weighted by Gasteiger charge is 2.28. The molecule has 19 heavy (non-hydrogen) atoms. The number of nitrogens with zero attached hydrogens (tertiary/aromatic N) is 1. The molecule has 0 N–H and O–H groups in total. The zero-order valence-electron chi connectivity index (χ0n) is 11.6. The predicted molar refractivity (Wildman–Crippen MR) is 69.1 cm³/mol. The third-order valence-corrected chi connectivity index (χ3v) is 4.28. The Kier molecular flexibility index (Phi) is 5.58. The summed E-state index contributed by atoms with van der Waals surface area (Å²) in [5.41, 5.74) is 0. The van der Waals surface area contributed by atoms with E-state index in [9.17, 15) is 9.18 Å². The second kappa shape index (κ2) is 7.20. The third-order valence-electron chi connectivity index (χ3n) is 4.28. The lowest BCUT2D eigenvalue weighted by Gasteiger charge is -2.28. The predicted octanol–water partition coefficient (Wildman–Crippen LogP) is 2.33. The summed E-state index contributed by atoms with van der Waals surface area (Å²) < 4.78 is 23.8. The quantitative estimate of drug-likeness (QED) is 0.569. The molecule has 2 aliphatic rings. The van der Waals surface area contributed by atoms with Crippen LogP contribution < -0.4 is 0 Å². The first-order valence-corrected chi connectivity index (χ1v) is 7.28. The van der Waals surface area contributed by atoms with Gasteiger partial charge in [0, 0.05) is 13.1 Å². The van der Waals surface area contributed by atoms with Crippen molar-refractivity contribution in [3.8, 4) is 0 Å². The number of methoxy groups -OCH3 is 1. The molecule has 0 aromatic rings. The Morgan fingerprint density at radius 2 is 1.89 bits per heavy atom. The molecule has 0 aromatic carbocycles. The monoisotopic (exact) mass is 273 g/mol. The van der Waals surface area contributed by atoms with Gasteiger partial charge in [-0.1, -0.05) is 0 Å². The van der Waals surface area contributed by atoms with E-state index in [1.165, 1.54) is 7.11 Å². The van der Waals surface area contributed by atoms with Crippen molar-refractivity contribution in [2.75, 3.05) is 26.8 Å². The molecule has 5 heteroatoms. The lowest BCUT2D eigenvalue weighted by atomic mass is 9.82. The number of hydrogen-bond acceptors (Lipinski definition) is 4. The van der Waals surface area contributed by atoms with Crippen molar-refractivity contribution in [2.24, 2.45) is 11.8 Å². The second-order valence-electron chi connectivity index (χ2n) is 5.61. The van der Waals surface area contributed by atoms with Gasteiger partial charge in [0.25, 0.3) is 6.48 Å². The van der Waals surface area contributed by atoms with Crippen molar-refractivity contribution >= 4 is 5.97 Å². The van der Waals surface area contributed by atoms with E-state index in [4.69, 9.17) is 9.47 Å². The summed E-state index contributed by atoms with van der Waals surface area (Å²) in [5, 5.41) is 0. The molecule has 0 radical (unpaired) electrons. The van der Waals surface area contributed by atoms with Crippen molar-refractivity contribution in [3.05, 3.63) is 0 Å². The van der Waals surface area contributed by atoms with Gasteiger partial charge in [0.15, 0.2) is 0 Å². The van der Waals surface area contributed by atoms with E-state index in [0.717, 1.165) is 51.6 Å². The van der Waals surface area contributed by atoms with Crippen molar-refractivity contribution < 1.29 is 18.7 Å². The van der Waals surface area contributed by atoms with E-state index in [-0.39, 0.29) is 11.9 Å². The van der Waals surface area contributed by atoms with E-state index in [2.05, 4.69) is 0 Å². The molecule has 1 saturated heterocycles. The zero-order valence-corrected chi connectivity index (χ0v) is 11.6. The molecular formula is C14H24FNO3. The van der Waals surface area contributed by atoms with Crippen LogP contribution in [0.15, 0.2) is 0 Å². The number of carbonyl (C=O) groups excluding carboxylic acids is 1. The fourth-order valence-corrected chi connectivity index (χ4v) is 3.00. The molecular weight excluding hydrogens is 249 g/mol. The number of carbonyl (C=O) groups is 1. The van der Waals surface area contributed by atoms with Crippen LogP contribution in [0, 0.1) is 11.8 Å². The Morgan fingerprint density at radius 3 is 2.47 bits per heavy atom. The lowest BCUT2D eigenvalue weighted by molar-refractivity contribution is -0.152. The first-order valence-electron chi connectivity index (χ1n) is 7.28. The van der Waals surface area contributed by atoms with E-state index >= 15 is 0 Å². The molecule has 1 unspecified atom stereocenters. The normalized spacial score (nSPS) is 30.2. The minimum absolute atomic E-state index is 0.0287. The van der Waals surface area contributed by atoms with Gasteiger partial charge in [0.1, 0.15) is 0 Å². The van der Waals surface area contributed by atoms with Crippen molar-refractivity contribution in [1.82, 2.24) is 4.90 Å². The highest BCUT2D eigenvalue weighted by atomic mass is 19.1. The highest BCUT2D eigenvalue weighted by Crippen LogP contribution is 2.30. The van der Waals surface area contributed by atoms with Crippen LogP contribution in [0.25, 0.3) is 0 Å². The van der Waals surface area contributed by atoms with Gasteiger partial charge in [-0.05, 0) is 44.4 Å². The van der Waals surface area contributed by atoms with Crippen LogP contribution in [-0.4, -0.2) is 44.2 Å². The summed E-state index contributed by atoms with van der Waals surface area (Å²) in [6.07, 6.45) is 5.64. The summed E-state index contributed by atoms with van der Waals surface area (Å²) in [4.78, 5) is 13.1. The molecule has 1 atom stereocenters. The minimum Gasteiger partial charge on any atom is -0.469 e. The Hall–Kier alpha value is -0.680. The first kappa shape index (κ1) is 14.7. The van der Waals surface area contributed by atoms with Crippen LogP contribution in [0.1, 0.15) is 38.5 Å². The fourth-order valence-electron chi connectivity index (χ4n) is 3.00. The van der Waals surface area contributed by atoms with Crippen molar-refractivity contribution in [2.45, 2.75) is 45.0 Å². The van der Waals surface area contributed by atoms with Crippen LogP contribution in [0.3, 0.4) is 0 Å². The van der Waals surface area contributed by atoms with E-state index in [1.54, 1.807) is 4.90 Å². The maximum Gasteiger partial charge on any atom is 0.308 e. The summed E-state index contributed by atoms with van der Waals surface area (Å²) in [6.45, 7) is 0.818. The Labute approximate surface area is 114 Å². The standard InChI is InChI=1S/C14H24FNO3/c1-18-13(17)12-6-4-11(5-7-12)10-19-14(15)16-8-2-3-9-16/h11-12,14H,2-10H2,1H3. The fraction of sp³-hybridized carbons (Fsp3) is 0.929. The summed E-state index contributed by atoms with van der Waals surface area (Å²) in [5.74, 6) is 0.294. The number of rotatable bonds is 5. The van der Waals surface area contributed by atoms with Crippen LogP contribution in [0.5, 0.6) is 0 Å². The minimum atomic E-state index is -1.25. The number of likely N-dealkylation sites (tertiary alicyclic amines) is 1. The van der Waals surface area contributed by atoms with Crippen LogP contribution in [0.4, 0.5) is 4.39 Å². The molecule has 0 bridgehead atoms. The highest BCUT2D eigenvalue weighted by molar-refractivity contribution is 5.72. The van der Waals surface area contributed by atoms with Crippen LogP contribution in [0.2, 0.25) is 0 Å². The second-order valence-corrected chi connectivity index (χ2v) is 5.61. The number of ether oxygens (including phenoxy) is 2. The molecule has 1 heterocycles. The molecule has 110 valence electrons. The smallest absolute Gasteiger partial charge is 0.308 e. The van der Waals surface area contributed by atoms with Crippen LogP contribution in [-0.2, 0) is 14.3 Å². The molecule has 2 fully saturated rings. The average Bonchev–Trinajstić information content (AvgIpc) is 2.98. The maximum atomic E-state index is 13.8.